The molecule has 210 valence electrons. The first-order valence-electron chi connectivity index (χ1n) is 11.6. The lowest BCUT2D eigenvalue weighted by atomic mass is 9.79. The van der Waals surface area contributed by atoms with Gasteiger partial charge in [0.25, 0.3) is 5.91 Å². The van der Waals surface area contributed by atoms with Crippen LogP contribution in [0.1, 0.15) is 54.9 Å². The number of hydrogen-bond donors (Lipinski definition) is 2. The maximum atomic E-state index is 14.1. The normalized spacial score (nSPS) is 21.4. The number of carboxylic acid groups (broad SMARTS) is 1. The van der Waals surface area contributed by atoms with Gasteiger partial charge < -0.3 is 10.8 Å². The van der Waals surface area contributed by atoms with Gasteiger partial charge in [-0.1, -0.05) is 56.8 Å². The second-order valence-electron chi connectivity index (χ2n) is 10.1. The SMILES string of the molecule is CC(C)(C)C(=O)n1nc(C2C(C(=O)O)N(S(C)(=O)=O)CCC2C(F)(F)F)nc1SCc1ccc(CN)cc1. The summed E-state index contributed by atoms with van der Waals surface area (Å²) in [5.41, 5.74) is 6.34. The highest BCUT2D eigenvalue weighted by Gasteiger charge is 2.57. The lowest BCUT2D eigenvalue weighted by molar-refractivity contribution is -0.196. The van der Waals surface area contributed by atoms with Crippen LogP contribution in [0.5, 0.6) is 0 Å². The van der Waals surface area contributed by atoms with Gasteiger partial charge in [0.05, 0.1) is 18.1 Å². The number of carbonyl (C=O) groups is 2. The number of hydrogen-bond acceptors (Lipinski definition) is 8. The van der Waals surface area contributed by atoms with Gasteiger partial charge in [0, 0.05) is 24.3 Å². The first-order valence-corrected chi connectivity index (χ1v) is 14.5. The molecular formula is C23H30F3N5O5S2. The number of alkyl halides is 3. The van der Waals surface area contributed by atoms with Crippen molar-refractivity contribution in [3.05, 3.63) is 41.2 Å². The standard InChI is InChI=1S/C23H30F3N5O5S2/c1-22(2,3)20(34)31-21(37-12-14-7-5-13(11-27)6-8-14)28-18(29-31)16-15(23(24,25)26)9-10-30(38(4,35)36)17(16)19(32)33/h5-8,15-17H,9-12,27H2,1-4H3,(H,32,33). The fourth-order valence-electron chi connectivity index (χ4n) is 4.24. The smallest absolute Gasteiger partial charge is 0.392 e. The Kier molecular flexibility index (Phi) is 8.66. The van der Waals surface area contributed by atoms with E-state index >= 15 is 0 Å². The Hall–Kier alpha value is -2.49. The molecule has 15 heteroatoms. The third-order valence-corrected chi connectivity index (χ3v) is 8.46. The molecule has 0 aliphatic carbocycles. The van der Waals surface area contributed by atoms with Crippen molar-refractivity contribution in [1.82, 2.24) is 19.1 Å². The Labute approximate surface area is 222 Å². The average molecular weight is 578 g/mol. The van der Waals surface area contributed by atoms with Crippen molar-refractivity contribution in [2.24, 2.45) is 17.1 Å². The molecule has 3 N–H and O–H groups in total. The third kappa shape index (κ3) is 6.55. The number of thioether (sulfide) groups is 1. The minimum absolute atomic E-state index is 0.0237. The van der Waals surface area contributed by atoms with Crippen LogP contribution in [-0.4, -0.2) is 69.5 Å². The summed E-state index contributed by atoms with van der Waals surface area (Å²) in [5.74, 6) is -6.79. The van der Waals surface area contributed by atoms with Crippen LogP contribution in [0.15, 0.2) is 29.4 Å². The first kappa shape index (κ1) is 30.1. The van der Waals surface area contributed by atoms with Gasteiger partial charge in [-0.3, -0.25) is 9.59 Å². The van der Waals surface area contributed by atoms with Crippen LogP contribution in [-0.2, 0) is 27.1 Å². The van der Waals surface area contributed by atoms with Crippen LogP contribution < -0.4 is 5.73 Å². The number of aliphatic carboxylic acids is 1. The first-order chi connectivity index (χ1) is 17.4. The lowest BCUT2D eigenvalue weighted by Gasteiger charge is -2.41. The lowest BCUT2D eigenvalue weighted by Crippen LogP contribution is -2.56. The minimum atomic E-state index is -4.86. The highest BCUT2D eigenvalue weighted by atomic mass is 32.2. The molecule has 10 nitrogen and oxygen atoms in total. The van der Waals surface area contributed by atoms with Crippen molar-refractivity contribution in [2.45, 2.75) is 62.8 Å². The molecule has 1 aliphatic heterocycles. The summed E-state index contributed by atoms with van der Waals surface area (Å²) in [6, 6.07) is 5.16. The Morgan fingerprint density at radius 3 is 2.21 bits per heavy atom. The highest BCUT2D eigenvalue weighted by Crippen LogP contribution is 2.46. The average Bonchev–Trinajstić information content (AvgIpc) is 3.23. The molecule has 1 fully saturated rings. The summed E-state index contributed by atoms with van der Waals surface area (Å²) < 4.78 is 68.4. The number of nitrogens with zero attached hydrogens (tertiary/aromatic N) is 4. The van der Waals surface area contributed by atoms with Crippen LogP contribution in [0.3, 0.4) is 0 Å². The van der Waals surface area contributed by atoms with Gasteiger partial charge in [-0.2, -0.15) is 22.2 Å². The molecule has 1 aliphatic rings. The maximum absolute atomic E-state index is 14.1. The van der Waals surface area contributed by atoms with Crippen molar-refractivity contribution in [3.63, 3.8) is 0 Å². The van der Waals surface area contributed by atoms with Gasteiger partial charge in [0.15, 0.2) is 11.0 Å². The number of benzene rings is 1. The van der Waals surface area contributed by atoms with E-state index < -0.39 is 70.2 Å². The summed E-state index contributed by atoms with van der Waals surface area (Å²) in [5, 5.41) is 13.9. The molecule has 0 saturated carbocycles. The number of nitrogens with two attached hydrogens (primary N) is 1. The summed E-state index contributed by atoms with van der Waals surface area (Å²) in [6.07, 6.45) is -4.80. The monoisotopic (exact) mass is 577 g/mol. The van der Waals surface area contributed by atoms with E-state index in [9.17, 15) is 36.3 Å². The van der Waals surface area contributed by atoms with Gasteiger partial charge in [-0.05, 0) is 17.5 Å². The van der Waals surface area contributed by atoms with Gasteiger partial charge in [0.1, 0.15) is 6.04 Å². The van der Waals surface area contributed by atoms with E-state index in [2.05, 4.69) is 10.1 Å². The zero-order valence-electron chi connectivity index (χ0n) is 21.3. The number of carboxylic acids is 1. The molecule has 0 spiro atoms. The molecule has 3 atom stereocenters. The van der Waals surface area contributed by atoms with Gasteiger partial charge in [-0.25, -0.2) is 13.4 Å². The van der Waals surface area contributed by atoms with E-state index in [4.69, 9.17) is 5.73 Å². The molecule has 1 aromatic heterocycles. The molecule has 3 unspecified atom stereocenters. The Balaban J connectivity index is 2.12. The Morgan fingerprint density at radius 1 is 1.16 bits per heavy atom. The fraction of sp³-hybridized carbons (Fsp3) is 0.565. The predicted octanol–water partition coefficient (Wildman–Crippen LogP) is 3.10. The number of sulfonamides is 1. The fourth-order valence-corrected chi connectivity index (χ4v) is 6.20. The second-order valence-corrected chi connectivity index (χ2v) is 13.0. The van der Waals surface area contributed by atoms with E-state index in [0.717, 1.165) is 33.8 Å². The molecule has 0 radical (unpaired) electrons. The number of rotatable bonds is 7. The van der Waals surface area contributed by atoms with Crippen LogP contribution in [0.4, 0.5) is 13.2 Å². The molecule has 3 rings (SSSR count). The quantitative estimate of drug-likeness (QED) is 0.474. The molecule has 38 heavy (non-hydrogen) atoms. The van der Waals surface area contributed by atoms with E-state index in [1.165, 1.54) is 0 Å². The predicted molar refractivity (Wildman–Crippen MR) is 134 cm³/mol. The number of carbonyl (C=O) groups excluding carboxylic acids is 1. The number of halogens is 3. The van der Waals surface area contributed by atoms with E-state index in [1.807, 2.05) is 24.3 Å². The van der Waals surface area contributed by atoms with Crippen molar-refractivity contribution < 1.29 is 36.3 Å². The topological polar surface area (TPSA) is 148 Å². The van der Waals surface area contributed by atoms with Gasteiger partial charge in [-0.15, -0.1) is 5.10 Å². The summed E-state index contributed by atoms with van der Waals surface area (Å²) in [4.78, 5) is 29.6. The van der Waals surface area contributed by atoms with Gasteiger partial charge >= 0.3 is 12.1 Å². The molecule has 1 aromatic carbocycles. The summed E-state index contributed by atoms with van der Waals surface area (Å²) in [6.45, 7) is 4.52. The maximum Gasteiger partial charge on any atom is 0.392 e. The van der Waals surface area contributed by atoms with Crippen molar-refractivity contribution in [2.75, 3.05) is 12.8 Å². The van der Waals surface area contributed by atoms with E-state index in [0.29, 0.717) is 10.8 Å². The van der Waals surface area contributed by atoms with Crippen molar-refractivity contribution >= 4 is 33.7 Å². The Bertz CT molecular complexity index is 1290. The molecule has 1 saturated heterocycles. The molecule has 0 amide bonds. The zero-order chi connectivity index (χ0) is 28.6. The summed E-state index contributed by atoms with van der Waals surface area (Å²) >= 11 is 1.04. The third-order valence-electron chi connectivity index (χ3n) is 6.20. The molecule has 2 heterocycles. The van der Waals surface area contributed by atoms with E-state index in [-0.39, 0.29) is 10.9 Å². The largest absolute Gasteiger partial charge is 0.480 e. The van der Waals surface area contributed by atoms with Crippen LogP contribution in [0.2, 0.25) is 0 Å². The zero-order valence-corrected chi connectivity index (χ0v) is 22.9. The van der Waals surface area contributed by atoms with Crippen LogP contribution in [0, 0.1) is 11.3 Å². The Morgan fingerprint density at radius 2 is 1.74 bits per heavy atom. The van der Waals surface area contributed by atoms with Crippen LogP contribution >= 0.6 is 11.8 Å². The van der Waals surface area contributed by atoms with Gasteiger partial charge in [0.2, 0.25) is 10.0 Å². The number of aromatic nitrogens is 3. The number of piperidine rings is 1. The van der Waals surface area contributed by atoms with Crippen LogP contribution in [0.25, 0.3) is 0 Å². The second kappa shape index (κ2) is 10.9. The van der Waals surface area contributed by atoms with Crippen molar-refractivity contribution in [1.29, 1.82) is 0 Å². The summed E-state index contributed by atoms with van der Waals surface area (Å²) in [7, 11) is -4.18. The molecular weight excluding hydrogens is 547 g/mol. The van der Waals surface area contributed by atoms with Crippen molar-refractivity contribution in [3.8, 4) is 0 Å². The van der Waals surface area contributed by atoms with E-state index in [1.54, 1.807) is 20.8 Å². The molecule has 2 aromatic rings. The minimum Gasteiger partial charge on any atom is -0.480 e. The molecule has 0 bridgehead atoms. The highest BCUT2D eigenvalue weighted by molar-refractivity contribution is 7.98.